The van der Waals surface area contributed by atoms with Gasteiger partial charge < -0.3 is 10.6 Å². The normalized spacial score (nSPS) is 18.4. The van der Waals surface area contributed by atoms with Gasteiger partial charge in [-0.25, -0.2) is 0 Å². The molecule has 1 fully saturated rings. The van der Waals surface area contributed by atoms with Crippen LogP contribution in [-0.2, 0) is 14.4 Å². The number of carbonyl (C=O) groups is 3. The van der Waals surface area contributed by atoms with Crippen LogP contribution in [0.5, 0.6) is 0 Å². The van der Waals surface area contributed by atoms with Gasteiger partial charge >= 0.3 is 0 Å². The van der Waals surface area contributed by atoms with E-state index in [2.05, 4.69) is 0 Å². The number of hydrogen-bond donors (Lipinski definition) is 1. The summed E-state index contributed by atoms with van der Waals surface area (Å²) in [6.45, 7) is 0.943. The number of amides is 3. The average Bonchev–Trinajstić information content (AvgIpc) is 2.77. The molecule has 154 valence electrons. The maximum absolute atomic E-state index is 13.3. The zero-order chi connectivity index (χ0) is 21.1. The topological polar surface area (TPSA) is 83.7 Å². The lowest BCUT2D eigenvalue weighted by Gasteiger charge is -2.34. The predicted molar refractivity (Wildman–Crippen MR) is 118 cm³/mol. The number of likely N-dealkylation sites (tertiary alicyclic amines) is 1. The Kier molecular flexibility index (Phi) is 5.90. The summed E-state index contributed by atoms with van der Waals surface area (Å²) in [5, 5.41) is 0. The zero-order valence-electron chi connectivity index (χ0n) is 16.5. The van der Waals surface area contributed by atoms with Crippen LogP contribution < -0.4 is 10.6 Å². The lowest BCUT2D eigenvalue weighted by molar-refractivity contribution is -0.134. The number of thioether (sulfide) groups is 1. The highest BCUT2D eigenvalue weighted by molar-refractivity contribution is 8.04. The summed E-state index contributed by atoms with van der Waals surface area (Å²) in [6, 6.07) is 17.3. The third-order valence-corrected chi connectivity index (χ3v) is 6.55. The number of rotatable bonds is 4. The number of fused-ring (bicyclic) bond motifs is 1. The Bertz CT molecular complexity index is 998. The van der Waals surface area contributed by atoms with Crippen molar-refractivity contribution in [3.05, 3.63) is 65.1 Å². The Morgan fingerprint density at radius 1 is 1.03 bits per heavy atom. The molecule has 4 rings (SSSR count). The zero-order valence-corrected chi connectivity index (χ0v) is 17.3. The molecule has 0 aromatic heterocycles. The molecule has 2 N–H and O–H groups in total. The number of carbonyl (C=O) groups excluding carboxylic acids is 3. The maximum atomic E-state index is 13.3. The van der Waals surface area contributed by atoms with E-state index < -0.39 is 0 Å². The summed E-state index contributed by atoms with van der Waals surface area (Å²) in [4.78, 5) is 42.4. The van der Waals surface area contributed by atoms with Crippen molar-refractivity contribution in [1.29, 1.82) is 0 Å². The molecule has 1 saturated heterocycles. The molecule has 0 radical (unpaired) electrons. The minimum atomic E-state index is -0.310. The van der Waals surface area contributed by atoms with Crippen LogP contribution in [0.1, 0.15) is 18.4 Å². The Hall–Kier alpha value is -3.06. The van der Waals surface area contributed by atoms with E-state index in [1.165, 1.54) is 11.8 Å². The van der Waals surface area contributed by atoms with Gasteiger partial charge in [0.2, 0.25) is 11.8 Å². The van der Waals surface area contributed by atoms with Crippen molar-refractivity contribution in [3.63, 3.8) is 0 Å². The van der Waals surface area contributed by atoms with E-state index in [9.17, 15) is 14.4 Å². The van der Waals surface area contributed by atoms with Crippen LogP contribution in [0.3, 0.4) is 0 Å². The van der Waals surface area contributed by atoms with E-state index in [1.54, 1.807) is 9.80 Å². The molecule has 0 unspecified atom stereocenters. The first kappa shape index (κ1) is 20.2. The molecule has 2 aliphatic rings. The van der Waals surface area contributed by atoms with Gasteiger partial charge in [0, 0.05) is 23.9 Å². The fraction of sp³-hybridized carbons (Fsp3) is 0.261. The smallest absolute Gasteiger partial charge is 0.265 e. The molecule has 6 nitrogen and oxygen atoms in total. The summed E-state index contributed by atoms with van der Waals surface area (Å²) in [7, 11) is 0. The highest BCUT2D eigenvalue weighted by Gasteiger charge is 2.33. The fourth-order valence-electron chi connectivity index (χ4n) is 3.77. The van der Waals surface area contributed by atoms with Crippen LogP contribution >= 0.6 is 11.8 Å². The van der Waals surface area contributed by atoms with Crippen molar-refractivity contribution in [2.24, 2.45) is 11.7 Å². The molecular weight excluding hydrogens is 398 g/mol. The molecule has 2 aliphatic heterocycles. The number of hydrogen-bond acceptors (Lipinski definition) is 4. The first-order valence-electron chi connectivity index (χ1n) is 9.95. The van der Waals surface area contributed by atoms with Crippen molar-refractivity contribution >= 4 is 41.2 Å². The van der Waals surface area contributed by atoms with Gasteiger partial charge in [-0.05, 0) is 36.6 Å². The maximum Gasteiger partial charge on any atom is 0.265 e. The van der Waals surface area contributed by atoms with E-state index in [-0.39, 0.29) is 30.2 Å². The Morgan fingerprint density at radius 2 is 1.70 bits per heavy atom. The van der Waals surface area contributed by atoms with Gasteiger partial charge in [-0.1, -0.05) is 54.2 Å². The van der Waals surface area contributed by atoms with E-state index in [4.69, 9.17) is 5.73 Å². The second kappa shape index (κ2) is 8.75. The van der Waals surface area contributed by atoms with Crippen LogP contribution in [0.15, 0.2) is 64.4 Å². The number of benzene rings is 2. The van der Waals surface area contributed by atoms with Gasteiger partial charge in [0.15, 0.2) is 0 Å². The molecule has 2 heterocycles. The van der Waals surface area contributed by atoms with Gasteiger partial charge in [0.05, 0.1) is 10.6 Å². The molecule has 0 saturated carbocycles. The number of nitrogens with zero attached hydrogens (tertiary/aromatic N) is 2. The molecule has 0 bridgehead atoms. The molecule has 0 atom stereocenters. The molecule has 7 heteroatoms. The minimum Gasteiger partial charge on any atom is -0.369 e. The summed E-state index contributed by atoms with van der Waals surface area (Å²) in [5.74, 6) is -0.784. The molecule has 2 aromatic carbocycles. The van der Waals surface area contributed by atoms with Crippen LogP contribution in [0.2, 0.25) is 0 Å². The lowest BCUT2D eigenvalue weighted by atomic mass is 9.96. The number of nitrogens with two attached hydrogens (primary N) is 1. The average molecular weight is 422 g/mol. The molecule has 0 aliphatic carbocycles. The van der Waals surface area contributed by atoms with E-state index in [1.807, 2.05) is 60.7 Å². The van der Waals surface area contributed by atoms with Gasteiger partial charge in [0.1, 0.15) is 6.54 Å². The second-order valence-electron chi connectivity index (χ2n) is 7.44. The number of anilines is 1. The van der Waals surface area contributed by atoms with Crippen LogP contribution in [0.25, 0.3) is 6.08 Å². The molecular formula is C23H23N3O3S. The number of para-hydroxylation sites is 1. The van der Waals surface area contributed by atoms with Gasteiger partial charge in [-0.2, -0.15) is 0 Å². The van der Waals surface area contributed by atoms with Crippen molar-refractivity contribution in [1.82, 2.24) is 4.90 Å². The SMILES string of the molecule is NC(=O)C1CCN(C(=O)CN2C(=O)C(=Cc3ccccc3)Sc3ccccc32)CC1. The van der Waals surface area contributed by atoms with E-state index in [0.717, 1.165) is 16.1 Å². The standard InChI is InChI=1S/C23H23N3O3S/c24-22(28)17-10-12-25(13-11-17)21(27)15-26-18-8-4-5-9-19(18)30-20(23(26)29)14-16-6-2-1-3-7-16/h1-9,14,17H,10-13,15H2,(H2,24,28). The van der Waals surface area contributed by atoms with Crippen molar-refractivity contribution in [3.8, 4) is 0 Å². The summed E-state index contributed by atoms with van der Waals surface area (Å²) in [6.07, 6.45) is 3.00. The van der Waals surface area contributed by atoms with E-state index >= 15 is 0 Å². The van der Waals surface area contributed by atoms with Crippen molar-refractivity contribution in [2.45, 2.75) is 17.7 Å². The monoisotopic (exact) mass is 421 g/mol. The molecule has 2 aromatic rings. The first-order chi connectivity index (χ1) is 14.5. The van der Waals surface area contributed by atoms with Crippen LogP contribution in [0.4, 0.5) is 5.69 Å². The Labute approximate surface area is 179 Å². The third kappa shape index (κ3) is 4.26. The molecule has 0 spiro atoms. The predicted octanol–water partition coefficient (Wildman–Crippen LogP) is 2.89. The third-order valence-electron chi connectivity index (χ3n) is 5.47. The van der Waals surface area contributed by atoms with Crippen LogP contribution in [0, 0.1) is 5.92 Å². The Balaban J connectivity index is 1.55. The summed E-state index contributed by atoms with van der Waals surface area (Å²) < 4.78 is 0. The number of primary amides is 1. The minimum absolute atomic E-state index is 0.0240. The summed E-state index contributed by atoms with van der Waals surface area (Å²) >= 11 is 1.42. The first-order valence-corrected chi connectivity index (χ1v) is 10.8. The van der Waals surface area contributed by atoms with Crippen molar-refractivity contribution in [2.75, 3.05) is 24.5 Å². The highest BCUT2D eigenvalue weighted by Crippen LogP contribution is 2.42. The van der Waals surface area contributed by atoms with Crippen molar-refractivity contribution < 1.29 is 14.4 Å². The molecule has 3 amide bonds. The largest absolute Gasteiger partial charge is 0.369 e. The van der Waals surface area contributed by atoms with Gasteiger partial charge in [-0.3, -0.25) is 19.3 Å². The molecule has 30 heavy (non-hydrogen) atoms. The fourth-order valence-corrected chi connectivity index (χ4v) is 4.83. The highest BCUT2D eigenvalue weighted by atomic mass is 32.2. The second-order valence-corrected chi connectivity index (χ2v) is 8.52. The van der Waals surface area contributed by atoms with E-state index in [0.29, 0.717) is 30.8 Å². The number of piperidine rings is 1. The summed E-state index contributed by atoms with van der Waals surface area (Å²) in [5.41, 5.74) is 7.07. The van der Waals surface area contributed by atoms with Gasteiger partial charge in [-0.15, -0.1) is 0 Å². The van der Waals surface area contributed by atoms with Crippen LogP contribution in [-0.4, -0.2) is 42.3 Å². The van der Waals surface area contributed by atoms with Gasteiger partial charge in [0.25, 0.3) is 5.91 Å². The Morgan fingerprint density at radius 3 is 2.40 bits per heavy atom. The quantitative estimate of drug-likeness (QED) is 0.770. The lowest BCUT2D eigenvalue weighted by Crippen LogP contribution is -2.48.